The van der Waals surface area contributed by atoms with Gasteiger partial charge < -0.3 is 10.4 Å². The summed E-state index contributed by atoms with van der Waals surface area (Å²) in [7, 11) is 0. The van der Waals surface area contributed by atoms with E-state index in [-0.39, 0.29) is 5.56 Å². The predicted molar refractivity (Wildman–Crippen MR) is 103 cm³/mol. The van der Waals surface area contributed by atoms with Crippen LogP contribution >= 0.6 is 23.2 Å². The van der Waals surface area contributed by atoms with Crippen LogP contribution in [0.3, 0.4) is 0 Å². The van der Waals surface area contributed by atoms with Crippen LogP contribution in [0.1, 0.15) is 39.5 Å². The van der Waals surface area contributed by atoms with Crippen molar-refractivity contribution in [3.05, 3.63) is 74.5 Å². The quantitative estimate of drug-likeness (QED) is 0.246. The molecule has 0 aromatic heterocycles. The van der Waals surface area contributed by atoms with Gasteiger partial charge in [0, 0.05) is 5.56 Å². The smallest absolute Gasteiger partial charge is 0.417 e. The number of nitrogens with one attached hydrogen (secondary N) is 1. The van der Waals surface area contributed by atoms with Crippen LogP contribution in [0.15, 0.2) is 36.4 Å². The monoisotopic (exact) mass is 461 g/mol. The molecule has 30 heavy (non-hydrogen) atoms. The molecule has 4 nitrogen and oxygen atoms in total. The molecule has 0 radical (unpaired) electrons. The second kappa shape index (κ2) is 8.28. The lowest BCUT2D eigenvalue weighted by atomic mass is 9.98. The summed E-state index contributed by atoms with van der Waals surface area (Å²) >= 11 is 11.2. The Morgan fingerprint density at radius 3 is 2.30 bits per heavy atom. The molecule has 0 spiro atoms. The average Bonchev–Trinajstić information content (AvgIpc) is 3.04. The Kier molecular flexibility index (Phi) is 6.10. The van der Waals surface area contributed by atoms with Gasteiger partial charge in [-0.3, -0.25) is 4.79 Å². The molecule has 158 valence electrons. The highest BCUT2D eigenvalue weighted by Gasteiger charge is 2.36. The first-order valence-electron chi connectivity index (χ1n) is 8.57. The second-order valence-electron chi connectivity index (χ2n) is 6.63. The Morgan fingerprint density at radius 1 is 1.10 bits per heavy atom. The van der Waals surface area contributed by atoms with Crippen LogP contribution in [0.5, 0.6) is 0 Å². The van der Waals surface area contributed by atoms with Crippen LogP contribution in [0.4, 0.5) is 22.4 Å². The van der Waals surface area contributed by atoms with Crippen LogP contribution in [0.25, 0.3) is 5.57 Å². The topological polar surface area (TPSA) is 66.4 Å². The minimum atomic E-state index is -4.92. The number of fused-ring (bicyclic) bond motifs is 1. The van der Waals surface area contributed by atoms with Gasteiger partial charge in [0.25, 0.3) is 0 Å². The number of ketones is 1. The molecule has 1 atom stereocenters. The minimum absolute atomic E-state index is 0.00535. The van der Waals surface area contributed by atoms with Crippen molar-refractivity contribution < 1.29 is 32.3 Å². The number of halogens is 6. The Labute approximate surface area is 178 Å². The van der Waals surface area contributed by atoms with Crippen molar-refractivity contribution in [1.29, 1.82) is 0 Å². The molecule has 0 saturated carbocycles. The van der Waals surface area contributed by atoms with E-state index in [1.807, 2.05) is 0 Å². The summed E-state index contributed by atoms with van der Waals surface area (Å²) in [6.45, 7) is 0. The van der Waals surface area contributed by atoms with Gasteiger partial charge in [-0.25, -0.2) is 9.18 Å². The van der Waals surface area contributed by atoms with E-state index in [9.17, 15) is 27.2 Å². The molecule has 2 aromatic rings. The molecule has 1 unspecified atom stereocenters. The normalized spacial score (nSPS) is 16.3. The van der Waals surface area contributed by atoms with E-state index in [1.54, 1.807) is 0 Å². The third kappa shape index (κ3) is 4.60. The van der Waals surface area contributed by atoms with E-state index in [2.05, 4.69) is 5.32 Å². The van der Waals surface area contributed by atoms with Crippen molar-refractivity contribution in [3.8, 4) is 0 Å². The summed E-state index contributed by atoms with van der Waals surface area (Å²) in [5.41, 5.74) is -0.507. The number of rotatable bonds is 4. The zero-order chi connectivity index (χ0) is 22.2. The van der Waals surface area contributed by atoms with E-state index in [0.717, 1.165) is 12.1 Å². The van der Waals surface area contributed by atoms with Crippen molar-refractivity contribution in [2.75, 3.05) is 0 Å². The highest BCUT2D eigenvalue weighted by atomic mass is 35.5. The Balaban J connectivity index is 1.98. The molecule has 10 heteroatoms. The lowest BCUT2D eigenvalue weighted by Crippen LogP contribution is -2.24. The predicted octanol–water partition coefficient (Wildman–Crippen LogP) is 6.22. The number of hydrogen-bond acceptors (Lipinski definition) is 2. The fraction of sp³-hybridized carbons (Fsp3) is 0.200. The standard InChI is InChI=1S/C20H13Cl2F4NO3/c21-14-6-11(7-15(22)18(14)23)13(20(24,25)26)8-17(28)10-1-3-12-9(5-10)2-4-16(12)27-19(29)30/h1,3,5-8,16,27H,2,4H2,(H,29,30)/b13-8+. The molecule has 2 N–H and O–H groups in total. The van der Waals surface area contributed by atoms with Crippen LogP contribution in [-0.2, 0) is 6.42 Å². The van der Waals surface area contributed by atoms with Gasteiger partial charge in [0.1, 0.15) is 0 Å². The number of aryl methyl sites for hydroxylation is 1. The van der Waals surface area contributed by atoms with Gasteiger partial charge in [0.05, 0.1) is 21.7 Å². The summed E-state index contributed by atoms with van der Waals surface area (Å²) in [4.78, 5) is 23.4. The number of carbonyl (C=O) groups excluding carboxylic acids is 1. The molecule has 0 fully saturated rings. The maximum Gasteiger partial charge on any atom is 0.417 e. The molecule has 0 saturated heterocycles. The Hall–Kier alpha value is -2.58. The number of carbonyl (C=O) groups is 2. The third-order valence-corrected chi connectivity index (χ3v) is 5.23. The van der Waals surface area contributed by atoms with Gasteiger partial charge in [0.15, 0.2) is 11.6 Å². The van der Waals surface area contributed by atoms with Crippen molar-refractivity contribution in [1.82, 2.24) is 5.32 Å². The van der Waals surface area contributed by atoms with Gasteiger partial charge in [0.2, 0.25) is 0 Å². The number of alkyl halides is 3. The lowest BCUT2D eigenvalue weighted by molar-refractivity contribution is -0.0689. The second-order valence-corrected chi connectivity index (χ2v) is 7.44. The van der Waals surface area contributed by atoms with Crippen LogP contribution < -0.4 is 5.32 Å². The van der Waals surface area contributed by atoms with Gasteiger partial charge in [-0.2, -0.15) is 13.2 Å². The highest BCUT2D eigenvalue weighted by Crippen LogP contribution is 2.38. The molecule has 0 aliphatic heterocycles. The highest BCUT2D eigenvalue weighted by molar-refractivity contribution is 6.35. The van der Waals surface area contributed by atoms with Gasteiger partial charge in [-0.15, -0.1) is 0 Å². The van der Waals surface area contributed by atoms with Crippen molar-refractivity contribution >= 4 is 40.7 Å². The molecule has 0 heterocycles. The molecule has 2 aromatic carbocycles. The molecule has 1 amide bonds. The molecular formula is C20H13Cl2F4NO3. The number of amides is 1. The number of allylic oxidation sites excluding steroid dienone is 2. The summed E-state index contributed by atoms with van der Waals surface area (Å²) in [5.74, 6) is -1.98. The Morgan fingerprint density at radius 2 is 1.73 bits per heavy atom. The average molecular weight is 462 g/mol. The first-order valence-corrected chi connectivity index (χ1v) is 9.33. The van der Waals surface area contributed by atoms with E-state index in [1.165, 1.54) is 18.2 Å². The van der Waals surface area contributed by atoms with Crippen molar-refractivity contribution in [2.24, 2.45) is 0 Å². The fourth-order valence-corrected chi connectivity index (χ4v) is 3.81. The lowest BCUT2D eigenvalue weighted by Gasteiger charge is -2.14. The largest absolute Gasteiger partial charge is 0.465 e. The minimum Gasteiger partial charge on any atom is -0.465 e. The molecule has 3 rings (SSSR count). The number of hydrogen-bond donors (Lipinski definition) is 2. The maximum atomic E-state index is 13.6. The van der Waals surface area contributed by atoms with E-state index in [0.29, 0.717) is 30.0 Å². The fourth-order valence-electron chi connectivity index (χ4n) is 3.32. The zero-order valence-corrected chi connectivity index (χ0v) is 16.5. The summed E-state index contributed by atoms with van der Waals surface area (Å²) < 4.78 is 54.3. The van der Waals surface area contributed by atoms with Gasteiger partial charge in [-0.05, 0) is 53.8 Å². The molecule has 0 bridgehead atoms. The van der Waals surface area contributed by atoms with Crippen LogP contribution in [0.2, 0.25) is 10.0 Å². The summed E-state index contributed by atoms with van der Waals surface area (Å²) in [6, 6.07) is 5.35. The van der Waals surface area contributed by atoms with Crippen LogP contribution in [0, 0.1) is 5.82 Å². The Bertz CT molecular complexity index is 1040. The van der Waals surface area contributed by atoms with Crippen molar-refractivity contribution in [2.45, 2.75) is 25.1 Å². The number of carboxylic acid groups (broad SMARTS) is 1. The molecular weight excluding hydrogens is 449 g/mol. The third-order valence-electron chi connectivity index (χ3n) is 4.68. The number of benzene rings is 2. The summed E-state index contributed by atoms with van der Waals surface area (Å²) in [5, 5.41) is 10.0. The van der Waals surface area contributed by atoms with Gasteiger partial charge in [-0.1, -0.05) is 35.3 Å². The summed E-state index contributed by atoms with van der Waals surface area (Å²) in [6.07, 6.45) is -4.75. The van der Waals surface area contributed by atoms with E-state index < -0.39 is 51.1 Å². The van der Waals surface area contributed by atoms with Crippen LogP contribution in [-0.4, -0.2) is 23.2 Å². The zero-order valence-electron chi connectivity index (χ0n) is 15.0. The molecule has 1 aliphatic carbocycles. The van der Waals surface area contributed by atoms with E-state index in [4.69, 9.17) is 28.3 Å². The van der Waals surface area contributed by atoms with Crippen molar-refractivity contribution in [3.63, 3.8) is 0 Å². The maximum absolute atomic E-state index is 13.6. The first-order chi connectivity index (χ1) is 14.0. The SMILES string of the molecule is O=C(O)NC1CCc2cc(C(=O)/C=C(\c3cc(Cl)c(F)c(Cl)c3)C(F)(F)F)ccc21. The first kappa shape index (κ1) is 22.1. The van der Waals surface area contributed by atoms with E-state index >= 15 is 0 Å². The van der Waals surface area contributed by atoms with Gasteiger partial charge >= 0.3 is 12.3 Å². The molecule has 1 aliphatic rings.